The minimum absolute atomic E-state index is 0.0360. The van der Waals surface area contributed by atoms with Crippen LogP contribution >= 0.6 is 23.2 Å². The number of carbonyl (C=O) groups excluding carboxylic acids is 2. The van der Waals surface area contributed by atoms with Gasteiger partial charge in [0.1, 0.15) is 17.2 Å². The smallest absolute Gasteiger partial charge is 0.265 e. The van der Waals surface area contributed by atoms with Gasteiger partial charge in [-0.15, -0.1) is 0 Å². The molecule has 176 valence electrons. The van der Waals surface area contributed by atoms with Crippen LogP contribution in [0.4, 0.5) is 11.4 Å². The Morgan fingerprint density at radius 1 is 0.941 bits per heavy atom. The maximum atomic E-state index is 12.5. The number of rotatable bonds is 9. The van der Waals surface area contributed by atoms with E-state index in [0.29, 0.717) is 58.2 Å². The summed E-state index contributed by atoms with van der Waals surface area (Å²) in [6.07, 6.45) is 0.610. The molecule has 1 aliphatic rings. The van der Waals surface area contributed by atoms with Gasteiger partial charge in [-0.1, -0.05) is 23.2 Å². The summed E-state index contributed by atoms with van der Waals surface area (Å²) in [4.78, 5) is 26.5. The first-order chi connectivity index (χ1) is 16.5. The highest BCUT2D eigenvalue weighted by Gasteiger charge is 2.25. The molecule has 0 fully saturated rings. The van der Waals surface area contributed by atoms with Crippen molar-refractivity contribution in [2.45, 2.75) is 6.42 Å². The number of hydrogen-bond acceptors (Lipinski definition) is 5. The molecule has 3 aromatic carbocycles. The number of halogens is 2. The molecule has 0 aliphatic carbocycles. The zero-order valence-electron chi connectivity index (χ0n) is 18.1. The molecule has 0 unspecified atom stereocenters. The number of amides is 2. The average molecular weight is 501 g/mol. The van der Waals surface area contributed by atoms with Crippen LogP contribution in [0.25, 0.3) is 0 Å². The van der Waals surface area contributed by atoms with Crippen molar-refractivity contribution in [2.75, 3.05) is 36.6 Å². The Kier molecular flexibility index (Phi) is 7.77. The number of ether oxygens (including phenoxy) is 3. The van der Waals surface area contributed by atoms with Gasteiger partial charge in [-0.3, -0.25) is 9.59 Å². The van der Waals surface area contributed by atoms with Gasteiger partial charge < -0.3 is 24.4 Å². The van der Waals surface area contributed by atoms with Crippen molar-refractivity contribution < 1.29 is 23.8 Å². The summed E-state index contributed by atoms with van der Waals surface area (Å²) in [5.41, 5.74) is 1.13. The van der Waals surface area contributed by atoms with Gasteiger partial charge in [-0.2, -0.15) is 0 Å². The van der Waals surface area contributed by atoms with Crippen LogP contribution in [0.1, 0.15) is 6.42 Å². The van der Waals surface area contributed by atoms with Crippen molar-refractivity contribution in [3.63, 3.8) is 0 Å². The van der Waals surface area contributed by atoms with Crippen LogP contribution in [0.5, 0.6) is 17.2 Å². The van der Waals surface area contributed by atoms with Crippen molar-refractivity contribution in [1.82, 2.24) is 0 Å². The van der Waals surface area contributed by atoms with Gasteiger partial charge in [0, 0.05) is 22.3 Å². The van der Waals surface area contributed by atoms with Crippen LogP contribution in [-0.2, 0) is 9.59 Å². The van der Waals surface area contributed by atoms with E-state index < -0.39 is 0 Å². The molecule has 0 saturated heterocycles. The van der Waals surface area contributed by atoms with Gasteiger partial charge in [0.15, 0.2) is 13.2 Å². The van der Waals surface area contributed by atoms with E-state index in [1.54, 1.807) is 71.6 Å². The number of nitrogens with one attached hydrogen (secondary N) is 1. The Bertz CT molecular complexity index is 1150. The molecule has 0 aromatic heterocycles. The van der Waals surface area contributed by atoms with Crippen molar-refractivity contribution >= 4 is 46.4 Å². The molecule has 0 bridgehead atoms. The molecule has 1 N–H and O–H groups in total. The van der Waals surface area contributed by atoms with E-state index in [4.69, 9.17) is 37.4 Å². The van der Waals surface area contributed by atoms with Crippen LogP contribution < -0.4 is 24.4 Å². The van der Waals surface area contributed by atoms with E-state index in [-0.39, 0.29) is 25.0 Å². The van der Waals surface area contributed by atoms with Crippen LogP contribution in [0, 0.1) is 0 Å². The third kappa shape index (κ3) is 6.34. The van der Waals surface area contributed by atoms with Crippen LogP contribution in [0.3, 0.4) is 0 Å². The molecular weight excluding hydrogens is 479 g/mol. The van der Waals surface area contributed by atoms with E-state index in [0.717, 1.165) is 0 Å². The Hall–Kier alpha value is -3.42. The molecule has 3 aromatic rings. The summed E-state index contributed by atoms with van der Waals surface area (Å²) in [6, 6.07) is 19.0. The van der Waals surface area contributed by atoms with Gasteiger partial charge in [0.2, 0.25) is 0 Å². The monoisotopic (exact) mass is 500 g/mol. The van der Waals surface area contributed by atoms with Gasteiger partial charge >= 0.3 is 0 Å². The van der Waals surface area contributed by atoms with E-state index in [2.05, 4.69) is 5.32 Å². The third-order valence-corrected chi connectivity index (χ3v) is 5.48. The Labute approximate surface area is 207 Å². The fourth-order valence-electron chi connectivity index (χ4n) is 3.35. The molecule has 7 nitrogen and oxygen atoms in total. The first-order valence-electron chi connectivity index (χ1n) is 10.6. The molecule has 9 heteroatoms. The first kappa shape index (κ1) is 23.7. The largest absolute Gasteiger partial charge is 0.494 e. The summed E-state index contributed by atoms with van der Waals surface area (Å²) >= 11 is 11.7. The number of anilines is 2. The fourth-order valence-corrected chi connectivity index (χ4v) is 3.60. The highest BCUT2D eigenvalue weighted by Crippen LogP contribution is 2.34. The number of fused-ring (bicyclic) bond motifs is 1. The lowest BCUT2D eigenvalue weighted by atomic mass is 10.2. The van der Waals surface area contributed by atoms with Gasteiger partial charge in [-0.05, 0) is 73.2 Å². The minimum atomic E-state index is -0.333. The molecule has 0 radical (unpaired) electrons. The number of hydrogen-bond donors (Lipinski definition) is 1. The van der Waals surface area contributed by atoms with Crippen LogP contribution in [0.2, 0.25) is 10.0 Å². The Morgan fingerprint density at radius 2 is 1.59 bits per heavy atom. The summed E-state index contributed by atoms with van der Waals surface area (Å²) in [7, 11) is 0. The number of nitrogens with zero attached hydrogens (tertiary/aromatic N) is 1. The SMILES string of the molecule is O=C(COc1ccc(Cl)cc1)Nc1ccc2c(c1)N(CCCOc1ccc(Cl)cc1)C(=O)CO2. The van der Waals surface area contributed by atoms with E-state index in [1.165, 1.54) is 0 Å². The third-order valence-electron chi connectivity index (χ3n) is 4.98. The molecule has 0 saturated carbocycles. The second-order valence-corrected chi connectivity index (χ2v) is 8.34. The molecule has 2 amide bonds. The lowest BCUT2D eigenvalue weighted by Gasteiger charge is -2.29. The van der Waals surface area contributed by atoms with Gasteiger partial charge in [0.05, 0.1) is 12.3 Å². The Morgan fingerprint density at radius 3 is 2.26 bits per heavy atom. The highest BCUT2D eigenvalue weighted by atomic mass is 35.5. The topological polar surface area (TPSA) is 77.1 Å². The molecule has 0 atom stereocenters. The molecular formula is C25H22Cl2N2O5. The normalized spacial score (nSPS) is 12.5. The molecule has 0 spiro atoms. The lowest BCUT2D eigenvalue weighted by Crippen LogP contribution is -2.39. The summed E-state index contributed by atoms with van der Waals surface area (Å²) < 4.78 is 16.7. The van der Waals surface area contributed by atoms with Crippen LogP contribution in [-0.4, -0.2) is 38.2 Å². The second kappa shape index (κ2) is 11.1. The summed E-state index contributed by atoms with van der Waals surface area (Å²) in [5, 5.41) is 4.01. The van der Waals surface area contributed by atoms with Crippen LogP contribution in [0.15, 0.2) is 66.7 Å². The molecule has 34 heavy (non-hydrogen) atoms. The summed E-state index contributed by atoms with van der Waals surface area (Å²) in [5.74, 6) is 1.34. The molecule has 1 aliphatic heterocycles. The predicted octanol–water partition coefficient (Wildman–Crippen LogP) is 5.21. The summed E-state index contributed by atoms with van der Waals surface area (Å²) in [6.45, 7) is 0.672. The van der Waals surface area contributed by atoms with Crippen molar-refractivity contribution in [1.29, 1.82) is 0 Å². The molecule has 4 rings (SSSR count). The van der Waals surface area contributed by atoms with E-state index >= 15 is 0 Å². The van der Waals surface area contributed by atoms with Crippen molar-refractivity contribution in [3.05, 3.63) is 76.8 Å². The van der Waals surface area contributed by atoms with Crippen molar-refractivity contribution in [2.24, 2.45) is 0 Å². The van der Waals surface area contributed by atoms with E-state index in [9.17, 15) is 9.59 Å². The Balaban J connectivity index is 1.33. The second-order valence-electron chi connectivity index (χ2n) is 7.46. The van der Waals surface area contributed by atoms with Crippen molar-refractivity contribution in [3.8, 4) is 17.2 Å². The molecule has 1 heterocycles. The fraction of sp³-hybridized carbons (Fsp3) is 0.200. The zero-order chi connectivity index (χ0) is 23.9. The number of benzene rings is 3. The quantitative estimate of drug-likeness (QED) is 0.408. The van der Waals surface area contributed by atoms with Gasteiger partial charge in [-0.25, -0.2) is 0 Å². The standard InChI is InChI=1S/C25H22Cl2N2O5/c26-17-2-7-20(8-3-17)32-13-1-12-29-22-14-19(6-11-23(22)34-16-25(29)31)28-24(30)15-33-21-9-4-18(27)5-10-21/h2-11,14H,1,12-13,15-16H2,(H,28,30). The first-order valence-corrected chi connectivity index (χ1v) is 11.4. The lowest BCUT2D eigenvalue weighted by molar-refractivity contribution is -0.121. The maximum Gasteiger partial charge on any atom is 0.265 e. The highest BCUT2D eigenvalue weighted by molar-refractivity contribution is 6.30. The number of carbonyl (C=O) groups is 2. The average Bonchev–Trinajstić information content (AvgIpc) is 2.83. The van der Waals surface area contributed by atoms with Gasteiger partial charge in [0.25, 0.3) is 11.8 Å². The zero-order valence-corrected chi connectivity index (χ0v) is 19.6. The van der Waals surface area contributed by atoms with E-state index in [1.807, 2.05) is 0 Å². The predicted molar refractivity (Wildman–Crippen MR) is 131 cm³/mol. The minimum Gasteiger partial charge on any atom is -0.494 e. The maximum absolute atomic E-state index is 12.5.